The molecule has 0 saturated heterocycles. The number of ether oxygens (including phenoxy) is 1. The Bertz CT molecular complexity index is 786. The Balaban J connectivity index is 2.00. The molecular formula is C14H9F3N2O4S. The summed E-state index contributed by atoms with van der Waals surface area (Å²) in [6, 6.07) is 7.59. The molecule has 1 heterocycles. The van der Waals surface area contributed by atoms with Crippen LogP contribution in [-0.4, -0.2) is 17.2 Å². The van der Waals surface area contributed by atoms with Gasteiger partial charge in [0.25, 0.3) is 0 Å². The molecule has 1 aromatic carbocycles. The summed E-state index contributed by atoms with van der Waals surface area (Å²) in [4.78, 5) is 22.2. The number of carbonyl (C=O) groups excluding carboxylic acids is 1. The molecule has 0 unspecified atom stereocenters. The summed E-state index contributed by atoms with van der Waals surface area (Å²) in [7, 11) is 0. The summed E-state index contributed by atoms with van der Waals surface area (Å²) in [5.41, 5.74) is 0.114. The zero-order valence-electron chi connectivity index (χ0n) is 11.7. The van der Waals surface area contributed by atoms with E-state index in [0.717, 1.165) is 29.5 Å². The smallest absolute Gasteiger partial charge is 0.406 e. The number of benzene rings is 1. The predicted molar refractivity (Wildman–Crippen MR) is 81.8 cm³/mol. The number of anilines is 1. The highest BCUT2D eigenvalue weighted by Gasteiger charge is 2.31. The molecule has 1 amide bonds. The molecule has 0 aliphatic rings. The largest absolute Gasteiger partial charge is 0.573 e. The molecular weight excluding hydrogens is 349 g/mol. The number of nitrogens with zero attached hydrogens (tertiary/aromatic N) is 1. The second-order valence-electron chi connectivity index (χ2n) is 4.33. The Labute approximate surface area is 137 Å². The Kier molecular flexibility index (Phi) is 5.19. The van der Waals surface area contributed by atoms with E-state index in [9.17, 15) is 28.1 Å². The summed E-state index contributed by atoms with van der Waals surface area (Å²) < 4.78 is 40.2. The number of hydrogen-bond acceptors (Lipinski definition) is 5. The highest BCUT2D eigenvalue weighted by Crippen LogP contribution is 2.26. The lowest BCUT2D eigenvalue weighted by Crippen LogP contribution is -2.17. The molecule has 0 atom stereocenters. The van der Waals surface area contributed by atoms with Crippen LogP contribution in [0.5, 0.6) is 5.75 Å². The quantitative estimate of drug-likeness (QED) is 0.493. The first kappa shape index (κ1) is 17.5. The summed E-state index contributed by atoms with van der Waals surface area (Å²) >= 11 is 0.887. The van der Waals surface area contributed by atoms with Crippen LogP contribution in [0.3, 0.4) is 0 Å². The van der Waals surface area contributed by atoms with E-state index >= 15 is 0 Å². The van der Waals surface area contributed by atoms with Gasteiger partial charge in [0.1, 0.15) is 5.75 Å². The van der Waals surface area contributed by atoms with Crippen LogP contribution in [-0.2, 0) is 4.79 Å². The third-order valence-electron chi connectivity index (χ3n) is 2.53. The minimum absolute atomic E-state index is 0.0629. The average molecular weight is 358 g/mol. The molecule has 0 aliphatic carbocycles. The van der Waals surface area contributed by atoms with Crippen molar-refractivity contribution in [3.63, 3.8) is 0 Å². The van der Waals surface area contributed by atoms with Crippen molar-refractivity contribution >= 4 is 34.0 Å². The van der Waals surface area contributed by atoms with Crippen LogP contribution in [0.2, 0.25) is 0 Å². The lowest BCUT2D eigenvalue weighted by Gasteiger charge is -2.10. The second-order valence-corrected chi connectivity index (χ2v) is 5.43. The van der Waals surface area contributed by atoms with Gasteiger partial charge in [-0.2, -0.15) is 0 Å². The van der Waals surface area contributed by atoms with E-state index in [1.54, 1.807) is 0 Å². The maximum absolute atomic E-state index is 12.1. The summed E-state index contributed by atoms with van der Waals surface area (Å²) in [5, 5.41) is 12.8. The Morgan fingerprint density at radius 2 is 2.04 bits per heavy atom. The van der Waals surface area contributed by atoms with Crippen molar-refractivity contribution in [2.45, 2.75) is 6.36 Å². The molecule has 24 heavy (non-hydrogen) atoms. The van der Waals surface area contributed by atoms with Gasteiger partial charge in [0.2, 0.25) is 5.91 Å². The number of nitro groups is 1. The Morgan fingerprint density at radius 1 is 1.29 bits per heavy atom. The Morgan fingerprint density at radius 3 is 2.67 bits per heavy atom. The SMILES string of the molecule is O=C(/C=C/c1ccc([N+](=O)[O-])s1)Nc1cccc(OC(F)(F)F)c1. The molecule has 1 N–H and O–H groups in total. The molecule has 0 radical (unpaired) electrons. The summed E-state index contributed by atoms with van der Waals surface area (Å²) in [6.07, 6.45) is -2.34. The third kappa shape index (κ3) is 5.39. The second kappa shape index (κ2) is 7.13. The maximum atomic E-state index is 12.1. The average Bonchev–Trinajstić information content (AvgIpc) is 2.93. The van der Waals surface area contributed by atoms with Crippen LogP contribution in [0.25, 0.3) is 6.08 Å². The van der Waals surface area contributed by atoms with Crippen molar-refractivity contribution in [3.8, 4) is 5.75 Å². The van der Waals surface area contributed by atoms with Crippen LogP contribution < -0.4 is 10.1 Å². The fourth-order valence-electron chi connectivity index (χ4n) is 1.64. The predicted octanol–water partition coefficient (Wildman–Crippen LogP) is 4.21. The Hall–Kier alpha value is -2.88. The van der Waals surface area contributed by atoms with Crippen molar-refractivity contribution < 1.29 is 27.6 Å². The first-order valence-electron chi connectivity index (χ1n) is 6.32. The molecule has 0 aliphatic heterocycles. The monoisotopic (exact) mass is 358 g/mol. The van der Waals surface area contributed by atoms with E-state index in [1.807, 2.05) is 0 Å². The van der Waals surface area contributed by atoms with Gasteiger partial charge in [0.05, 0.1) is 4.92 Å². The number of nitrogens with one attached hydrogen (secondary N) is 1. The lowest BCUT2D eigenvalue weighted by atomic mass is 10.3. The van der Waals surface area contributed by atoms with Crippen LogP contribution in [0.4, 0.5) is 23.9 Å². The van der Waals surface area contributed by atoms with E-state index in [1.165, 1.54) is 30.3 Å². The fraction of sp³-hybridized carbons (Fsp3) is 0.0714. The third-order valence-corrected chi connectivity index (χ3v) is 3.53. The van der Waals surface area contributed by atoms with Crippen molar-refractivity contribution in [2.24, 2.45) is 0 Å². The van der Waals surface area contributed by atoms with Crippen molar-refractivity contribution in [2.75, 3.05) is 5.32 Å². The van der Waals surface area contributed by atoms with Crippen molar-refractivity contribution in [1.29, 1.82) is 0 Å². The number of halogens is 3. The number of thiophene rings is 1. The summed E-state index contributed by atoms with van der Waals surface area (Å²) in [5.74, 6) is -1.06. The first-order chi connectivity index (χ1) is 11.2. The van der Waals surface area contributed by atoms with Crippen LogP contribution in [0.15, 0.2) is 42.5 Å². The van der Waals surface area contributed by atoms with E-state index in [4.69, 9.17) is 0 Å². The van der Waals surface area contributed by atoms with Gasteiger partial charge in [-0.3, -0.25) is 14.9 Å². The number of hydrogen-bond donors (Lipinski definition) is 1. The zero-order chi connectivity index (χ0) is 17.7. The molecule has 0 saturated carbocycles. The maximum Gasteiger partial charge on any atom is 0.573 e. The van der Waals surface area contributed by atoms with Gasteiger partial charge in [0, 0.05) is 28.8 Å². The number of amides is 1. The molecule has 2 aromatic rings. The van der Waals surface area contributed by atoms with Crippen LogP contribution in [0.1, 0.15) is 4.88 Å². The molecule has 0 spiro atoms. The first-order valence-corrected chi connectivity index (χ1v) is 7.14. The molecule has 1 aromatic heterocycles. The van der Waals surface area contributed by atoms with E-state index in [0.29, 0.717) is 4.88 Å². The molecule has 2 rings (SSSR count). The van der Waals surface area contributed by atoms with Gasteiger partial charge in [-0.05, 0) is 24.3 Å². The minimum Gasteiger partial charge on any atom is -0.406 e. The molecule has 126 valence electrons. The number of alkyl halides is 3. The van der Waals surface area contributed by atoms with Gasteiger partial charge in [0.15, 0.2) is 0 Å². The standard InChI is InChI=1S/C14H9F3N2O4S/c15-14(16,17)23-10-3-1-2-9(8-10)18-12(20)6-4-11-5-7-13(24-11)19(21)22/h1-8H,(H,18,20)/b6-4+. The summed E-state index contributed by atoms with van der Waals surface area (Å²) in [6.45, 7) is 0. The van der Waals surface area contributed by atoms with Gasteiger partial charge >= 0.3 is 11.4 Å². The number of rotatable bonds is 5. The lowest BCUT2D eigenvalue weighted by molar-refractivity contribution is -0.380. The fourth-order valence-corrected chi connectivity index (χ4v) is 2.37. The van der Waals surface area contributed by atoms with Crippen molar-refractivity contribution in [1.82, 2.24) is 0 Å². The van der Waals surface area contributed by atoms with Crippen LogP contribution >= 0.6 is 11.3 Å². The van der Waals surface area contributed by atoms with Gasteiger partial charge < -0.3 is 10.1 Å². The highest BCUT2D eigenvalue weighted by molar-refractivity contribution is 7.16. The topological polar surface area (TPSA) is 81.5 Å². The molecule has 10 heteroatoms. The van der Waals surface area contributed by atoms with Crippen LogP contribution in [0, 0.1) is 10.1 Å². The van der Waals surface area contributed by atoms with E-state index in [-0.39, 0.29) is 10.7 Å². The molecule has 0 fully saturated rings. The minimum atomic E-state index is -4.82. The normalized spacial score (nSPS) is 11.5. The zero-order valence-corrected chi connectivity index (χ0v) is 12.6. The van der Waals surface area contributed by atoms with Gasteiger partial charge in [-0.1, -0.05) is 17.4 Å². The molecule has 6 nitrogen and oxygen atoms in total. The number of carbonyl (C=O) groups is 1. The van der Waals surface area contributed by atoms with Crippen molar-refractivity contribution in [3.05, 3.63) is 57.5 Å². The molecule has 0 bridgehead atoms. The van der Waals surface area contributed by atoms with Gasteiger partial charge in [-0.15, -0.1) is 13.2 Å². The van der Waals surface area contributed by atoms with E-state index in [2.05, 4.69) is 10.1 Å². The highest BCUT2D eigenvalue weighted by atomic mass is 32.1. The van der Waals surface area contributed by atoms with E-state index < -0.39 is 22.9 Å². The van der Waals surface area contributed by atoms with Gasteiger partial charge in [-0.25, -0.2) is 0 Å².